The Bertz CT molecular complexity index is 942. The van der Waals surface area contributed by atoms with Gasteiger partial charge in [0.1, 0.15) is 6.54 Å². The Kier molecular flexibility index (Phi) is 4.22. The van der Waals surface area contributed by atoms with E-state index in [1.165, 1.54) is 16.2 Å². The summed E-state index contributed by atoms with van der Waals surface area (Å²) in [6.45, 7) is 1.98. The number of imide groups is 1. The van der Waals surface area contributed by atoms with Crippen LogP contribution in [0.5, 0.6) is 0 Å². The minimum atomic E-state index is -0.335. The highest BCUT2D eigenvalue weighted by molar-refractivity contribution is 7.14. The fourth-order valence-corrected chi connectivity index (χ4v) is 3.78. The lowest BCUT2D eigenvalue weighted by molar-refractivity contribution is -0.116. The normalized spacial score (nSPS) is 15.6. The summed E-state index contributed by atoms with van der Waals surface area (Å²) in [5.41, 5.74) is 2.54. The molecule has 3 aromatic rings. The van der Waals surface area contributed by atoms with Gasteiger partial charge in [-0.15, -0.1) is 11.3 Å². The highest BCUT2D eigenvalue weighted by atomic mass is 32.1. The zero-order valence-corrected chi connectivity index (χ0v) is 14.9. The molecule has 2 aromatic heterocycles. The van der Waals surface area contributed by atoms with Crippen LogP contribution in [0.15, 0.2) is 60.2 Å². The Morgan fingerprint density at radius 1 is 1.12 bits per heavy atom. The van der Waals surface area contributed by atoms with Gasteiger partial charge in [0.15, 0.2) is 0 Å². The first-order chi connectivity index (χ1) is 12.6. The van der Waals surface area contributed by atoms with Gasteiger partial charge in [0.2, 0.25) is 5.13 Å². The molecule has 0 spiro atoms. The van der Waals surface area contributed by atoms with Gasteiger partial charge in [-0.1, -0.05) is 30.3 Å². The van der Waals surface area contributed by atoms with Crippen LogP contribution in [0.25, 0.3) is 11.3 Å². The molecule has 0 radical (unpaired) electrons. The van der Waals surface area contributed by atoms with Crippen molar-refractivity contribution in [1.82, 2.24) is 14.9 Å². The fourth-order valence-electron chi connectivity index (χ4n) is 2.94. The van der Waals surface area contributed by atoms with Crippen LogP contribution in [0.2, 0.25) is 0 Å². The fraction of sp³-hybridized carbons (Fsp3) is 0.158. The topological polar surface area (TPSA) is 66.4 Å². The summed E-state index contributed by atoms with van der Waals surface area (Å²) >= 11 is 1.28. The number of anilines is 1. The van der Waals surface area contributed by atoms with E-state index in [1.807, 2.05) is 54.8 Å². The van der Waals surface area contributed by atoms with Gasteiger partial charge in [0, 0.05) is 23.3 Å². The quantitative estimate of drug-likeness (QED) is 0.662. The number of nitrogens with zero attached hydrogens (tertiary/aromatic N) is 4. The molecule has 3 amide bonds. The number of carbonyl (C=O) groups excluding carboxylic acids is 2. The van der Waals surface area contributed by atoms with Gasteiger partial charge in [-0.05, 0) is 24.6 Å². The molecule has 4 rings (SSSR count). The Morgan fingerprint density at radius 2 is 1.92 bits per heavy atom. The van der Waals surface area contributed by atoms with Crippen LogP contribution in [-0.2, 0) is 4.79 Å². The van der Waals surface area contributed by atoms with Crippen molar-refractivity contribution in [2.75, 3.05) is 11.4 Å². The van der Waals surface area contributed by atoms with Crippen molar-refractivity contribution in [3.8, 4) is 11.3 Å². The lowest BCUT2D eigenvalue weighted by atomic mass is 10.1. The molecule has 0 bridgehead atoms. The average Bonchev–Trinajstić information content (AvgIpc) is 3.27. The predicted molar refractivity (Wildman–Crippen MR) is 99.8 cm³/mol. The second-order valence-electron chi connectivity index (χ2n) is 5.98. The molecule has 1 atom stereocenters. The molecule has 1 aromatic carbocycles. The number of hydrogen-bond donors (Lipinski definition) is 0. The molecule has 1 fully saturated rings. The Morgan fingerprint density at radius 3 is 2.65 bits per heavy atom. The first-order valence-electron chi connectivity index (χ1n) is 8.19. The Hall–Kier alpha value is -3.06. The maximum atomic E-state index is 12.9. The zero-order chi connectivity index (χ0) is 18.1. The lowest BCUT2D eigenvalue weighted by Gasteiger charge is -2.23. The standard InChI is InChI=1S/C19H16N4O2S/c1-13(14-6-3-2-4-7-14)22-11-17(24)23(19(22)25)18-21-16(12-26-18)15-8-5-9-20-10-15/h2-10,12-13H,11H2,1H3/t13-/m1/s1. The number of hydrogen-bond acceptors (Lipinski definition) is 5. The zero-order valence-electron chi connectivity index (χ0n) is 14.1. The molecule has 26 heavy (non-hydrogen) atoms. The van der Waals surface area contributed by atoms with Gasteiger partial charge in [0.25, 0.3) is 5.91 Å². The van der Waals surface area contributed by atoms with Gasteiger partial charge in [-0.25, -0.2) is 14.7 Å². The van der Waals surface area contributed by atoms with Crippen LogP contribution in [0.4, 0.5) is 9.93 Å². The molecular weight excluding hydrogens is 348 g/mol. The highest BCUT2D eigenvalue weighted by Crippen LogP contribution is 2.32. The molecule has 0 saturated carbocycles. The summed E-state index contributed by atoms with van der Waals surface area (Å²) in [6, 6.07) is 12.9. The van der Waals surface area contributed by atoms with Crippen molar-refractivity contribution in [3.05, 3.63) is 65.8 Å². The van der Waals surface area contributed by atoms with E-state index < -0.39 is 0 Å². The lowest BCUT2D eigenvalue weighted by Crippen LogP contribution is -2.34. The van der Waals surface area contributed by atoms with E-state index in [0.29, 0.717) is 10.8 Å². The van der Waals surface area contributed by atoms with Gasteiger partial charge in [0.05, 0.1) is 11.7 Å². The molecule has 1 saturated heterocycles. The van der Waals surface area contributed by atoms with Crippen molar-refractivity contribution < 1.29 is 9.59 Å². The maximum Gasteiger partial charge on any atom is 0.334 e. The van der Waals surface area contributed by atoms with E-state index in [-0.39, 0.29) is 24.5 Å². The third kappa shape index (κ3) is 2.86. The third-order valence-corrected chi connectivity index (χ3v) is 5.21. The second kappa shape index (κ2) is 6.68. The number of thiazole rings is 1. The van der Waals surface area contributed by atoms with Gasteiger partial charge in [-0.2, -0.15) is 0 Å². The first-order valence-corrected chi connectivity index (χ1v) is 9.07. The molecular formula is C19H16N4O2S. The van der Waals surface area contributed by atoms with Crippen LogP contribution in [-0.4, -0.2) is 33.4 Å². The molecule has 130 valence electrons. The molecule has 0 unspecified atom stereocenters. The van der Waals surface area contributed by atoms with Crippen LogP contribution < -0.4 is 4.90 Å². The van der Waals surface area contributed by atoms with Crippen molar-refractivity contribution in [3.63, 3.8) is 0 Å². The van der Waals surface area contributed by atoms with E-state index in [1.54, 1.807) is 17.3 Å². The van der Waals surface area contributed by atoms with Crippen molar-refractivity contribution in [2.45, 2.75) is 13.0 Å². The number of urea groups is 1. The molecule has 0 aliphatic carbocycles. The predicted octanol–water partition coefficient (Wildman–Crippen LogP) is 3.73. The number of rotatable bonds is 4. The van der Waals surface area contributed by atoms with Crippen LogP contribution in [0.3, 0.4) is 0 Å². The molecule has 1 aliphatic rings. The summed E-state index contributed by atoms with van der Waals surface area (Å²) in [7, 11) is 0. The molecule has 6 nitrogen and oxygen atoms in total. The summed E-state index contributed by atoms with van der Waals surface area (Å²) in [5.74, 6) is -0.259. The third-order valence-electron chi connectivity index (χ3n) is 4.38. The molecule has 7 heteroatoms. The monoisotopic (exact) mass is 364 g/mol. The van der Waals surface area contributed by atoms with Gasteiger partial charge >= 0.3 is 6.03 Å². The van der Waals surface area contributed by atoms with Gasteiger partial charge < -0.3 is 4.90 Å². The highest BCUT2D eigenvalue weighted by Gasteiger charge is 2.41. The van der Waals surface area contributed by atoms with Crippen LogP contribution >= 0.6 is 11.3 Å². The SMILES string of the molecule is C[C@H](c1ccccc1)N1CC(=O)N(c2nc(-c3cccnc3)cs2)C1=O. The number of benzene rings is 1. The Balaban J connectivity index is 1.59. The summed E-state index contributed by atoms with van der Waals surface area (Å²) in [4.78, 5) is 36.6. The molecule has 0 N–H and O–H groups in total. The van der Waals surface area contributed by atoms with Crippen molar-refractivity contribution in [2.24, 2.45) is 0 Å². The first kappa shape index (κ1) is 16.4. The van der Waals surface area contributed by atoms with E-state index >= 15 is 0 Å². The van der Waals surface area contributed by atoms with Crippen molar-refractivity contribution in [1.29, 1.82) is 0 Å². The van der Waals surface area contributed by atoms with E-state index in [0.717, 1.165) is 11.1 Å². The van der Waals surface area contributed by atoms with E-state index in [9.17, 15) is 9.59 Å². The molecule has 1 aliphatic heterocycles. The number of pyridine rings is 1. The summed E-state index contributed by atoms with van der Waals surface area (Å²) < 4.78 is 0. The minimum Gasteiger partial charge on any atom is -0.308 e. The smallest absolute Gasteiger partial charge is 0.308 e. The van der Waals surface area contributed by atoms with Crippen molar-refractivity contribution >= 4 is 28.4 Å². The summed E-state index contributed by atoms with van der Waals surface area (Å²) in [6.07, 6.45) is 3.39. The molecule has 3 heterocycles. The number of carbonyl (C=O) groups is 2. The number of amides is 3. The van der Waals surface area contributed by atoms with Gasteiger partial charge in [-0.3, -0.25) is 9.78 Å². The second-order valence-corrected chi connectivity index (χ2v) is 6.82. The average molecular weight is 364 g/mol. The minimum absolute atomic E-state index is 0.0523. The maximum absolute atomic E-state index is 12.9. The van der Waals surface area contributed by atoms with E-state index in [4.69, 9.17) is 0 Å². The largest absolute Gasteiger partial charge is 0.334 e. The number of aromatic nitrogens is 2. The summed E-state index contributed by atoms with van der Waals surface area (Å²) in [5, 5.41) is 2.22. The van der Waals surface area contributed by atoms with E-state index in [2.05, 4.69) is 9.97 Å². The van der Waals surface area contributed by atoms with Crippen LogP contribution in [0, 0.1) is 0 Å². The Labute approximate surface area is 154 Å². The van der Waals surface area contributed by atoms with Crippen LogP contribution in [0.1, 0.15) is 18.5 Å².